The molecule has 0 bridgehead atoms. The maximum atomic E-state index is 13.3. The standard InChI is InChI=1S/C27H27NO5/c29-26(30)10-2-1-5-17-32-25-8-4-3-7-22(25)19-28(23-15-16-23)27(31)21-13-11-20(12-14-21)24-9-6-18-33-24/h1,3-9,11-14,18,23H,2,10,15-17,19H2,(H,29,30)/b5-1-. The number of hydrogen-bond acceptors (Lipinski definition) is 4. The number of allylic oxidation sites excluding steroid dienone is 1. The molecule has 0 saturated heterocycles. The summed E-state index contributed by atoms with van der Waals surface area (Å²) in [5, 5.41) is 8.70. The van der Waals surface area contributed by atoms with Gasteiger partial charge in [-0.1, -0.05) is 42.5 Å². The van der Waals surface area contributed by atoms with E-state index >= 15 is 0 Å². The van der Waals surface area contributed by atoms with Gasteiger partial charge in [-0.05, 0) is 49.6 Å². The largest absolute Gasteiger partial charge is 0.489 e. The number of furan rings is 1. The minimum absolute atomic E-state index is 0.00636. The number of ether oxygens (including phenoxy) is 1. The van der Waals surface area contributed by atoms with Gasteiger partial charge in [0.05, 0.1) is 6.26 Å². The van der Waals surface area contributed by atoms with Crippen molar-refractivity contribution in [2.24, 2.45) is 0 Å². The highest BCUT2D eigenvalue weighted by Crippen LogP contribution is 2.32. The molecule has 1 amide bonds. The van der Waals surface area contributed by atoms with Crippen LogP contribution in [0.3, 0.4) is 0 Å². The highest BCUT2D eigenvalue weighted by molar-refractivity contribution is 5.95. The molecule has 1 fully saturated rings. The second kappa shape index (κ2) is 10.7. The molecule has 1 aliphatic carbocycles. The van der Waals surface area contributed by atoms with Crippen molar-refractivity contribution in [3.05, 3.63) is 90.2 Å². The average Bonchev–Trinajstić information content (AvgIpc) is 3.52. The Morgan fingerprint density at radius 2 is 1.82 bits per heavy atom. The summed E-state index contributed by atoms with van der Waals surface area (Å²) >= 11 is 0. The van der Waals surface area contributed by atoms with Gasteiger partial charge >= 0.3 is 5.97 Å². The van der Waals surface area contributed by atoms with Crippen molar-refractivity contribution in [1.29, 1.82) is 0 Å². The van der Waals surface area contributed by atoms with Gasteiger partial charge in [0.15, 0.2) is 0 Å². The fraction of sp³-hybridized carbons (Fsp3) is 0.259. The van der Waals surface area contributed by atoms with Gasteiger partial charge in [-0.15, -0.1) is 0 Å². The number of hydrogen-bond donors (Lipinski definition) is 1. The number of amides is 1. The molecule has 0 aliphatic heterocycles. The third-order valence-electron chi connectivity index (χ3n) is 5.53. The molecule has 0 radical (unpaired) electrons. The lowest BCUT2D eigenvalue weighted by Gasteiger charge is -2.24. The predicted molar refractivity (Wildman–Crippen MR) is 125 cm³/mol. The number of carbonyl (C=O) groups excluding carboxylic acids is 1. The first kappa shape index (κ1) is 22.4. The van der Waals surface area contributed by atoms with Crippen molar-refractivity contribution < 1.29 is 23.8 Å². The Morgan fingerprint density at radius 1 is 1.03 bits per heavy atom. The van der Waals surface area contributed by atoms with Crippen molar-refractivity contribution in [2.45, 2.75) is 38.3 Å². The Morgan fingerprint density at radius 3 is 2.52 bits per heavy atom. The summed E-state index contributed by atoms with van der Waals surface area (Å²) in [4.78, 5) is 25.8. The van der Waals surface area contributed by atoms with Gasteiger partial charge in [0.2, 0.25) is 0 Å². The smallest absolute Gasteiger partial charge is 0.303 e. The summed E-state index contributed by atoms with van der Waals surface area (Å²) in [6, 6.07) is 19.2. The number of carboxylic acid groups (broad SMARTS) is 1. The molecule has 6 heteroatoms. The van der Waals surface area contributed by atoms with Crippen LogP contribution < -0.4 is 4.74 Å². The third-order valence-corrected chi connectivity index (χ3v) is 5.53. The van der Waals surface area contributed by atoms with Crippen molar-refractivity contribution in [3.8, 4) is 17.1 Å². The summed E-state index contributed by atoms with van der Waals surface area (Å²) in [5.41, 5.74) is 2.53. The van der Waals surface area contributed by atoms with E-state index in [0.717, 1.165) is 35.5 Å². The Kier molecular flexibility index (Phi) is 7.25. The molecule has 2 aromatic carbocycles. The van der Waals surface area contributed by atoms with E-state index < -0.39 is 5.97 Å². The number of para-hydroxylation sites is 1. The zero-order valence-electron chi connectivity index (χ0n) is 18.4. The molecule has 0 spiro atoms. The summed E-state index contributed by atoms with van der Waals surface area (Å²) in [7, 11) is 0. The predicted octanol–water partition coefficient (Wildman–Crippen LogP) is 5.55. The van der Waals surface area contributed by atoms with Gasteiger partial charge in [-0.3, -0.25) is 9.59 Å². The van der Waals surface area contributed by atoms with Gasteiger partial charge in [0, 0.05) is 35.7 Å². The maximum Gasteiger partial charge on any atom is 0.303 e. The average molecular weight is 446 g/mol. The number of aliphatic carboxylic acids is 1. The zero-order valence-corrected chi connectivity index (χ0v) is 18.4. The third kappa shape index (κ3) is 6.13. The molecule has 33 heavy (non-hydrogen) atoms. The molecule has 1 aromatic heterocycles. The molecule has 1 aliphatic rings. The van der Waals surface area contributed by atoms with Crippen molar-refractivity contribution in [1.82, 2.24) is 4.90 Å². The summed E-state index contributed by atoms with van der Waals surface area (Å²) in [6.45, 7) is 0.824. The second-order valence-electron chi connectivity index (χ2n) is 8.04. The molecule has 4 rings (SSSR count). The molecule has 3 aromatic rings. The van der Waals surface area contributed by atoms with Gasteiger partial charge in [-0.25, -0.2) is 0 Å². The van der Waals surface area contributed by atoms with E-state index in [1.54, 1.807) is 6.26 Å². The van der Waals surface area contributed by atoms with Gasteiger partial charge in [0.1, 0.15) is 18.1 Å². The first-order valence-corrected chi connectivity index (χ1v) is 11.1. The molecule has 170 valence electrons. The topological polar surface area (TPSA) is 80.0 Å². The first-order valence-electron chi connectivity index (χ1n) is 11.1. The first-order chi connectivity index (χ1) is 16.1. The Labute approximate surface area is 193 Å². The van der Waals surface area contributed by atoms with E-state index in [-0.39, 0.29) is 18.4 Å². The van der Waals surface area contributed by atoms with Gasteiger partial charge in [-0.2, -0.15) is 0 Å². The van der Waals surface area contributed by atoms with Crippen LogP contribution >= 0.6 is 0 Å². The summed E-state index contributed by atoms with van der Waals surface area (Å²) < 4.78 is 11.3. The van der Waals surface area contributed by atoms with E-state index in [9.17, 15) is 9.59 Å². The fourth-order valence-corrected chi connectivity index (χ4v) is 3.63. The van der Waals surface area contributed by atoms with Crippen molar-refractivity contribution in [2.75, 3.05) is 6.61 Å². The molecule has 1 saturated carbocycles. The minimum Gasteiger partial charge on any atom is -0.489 e. The monoisotopic (exact) mass is 445 g/mol. The SMILES string of the molecule is O=C(O)CC/C=C\COc1ccccc1CN(C(=O)c1ccc(-c2ccco2)cc1)C1CC1. The molecule has 6 nitrogen and oxygen atoms in total. The number of rotatable bonds is 11. The van der Waals surface area contributed by atoms with E-state index in [0.29, 0.717) is 25.1 Å². The van der Waals surface area contributed by atoms with E-state index in [2.05, 4.69) is 0 Å². The normalized spacial score (nSPS) is 13.2. The van der Waals surface area contributed by atoms with Gasteiger partial charge < -0.3 is 19.2 Å². The zero-order chi connectivity index (χ0) is 23.0. The van der Waals surface area contributed by atoms with E-state index in [1.807, 2.05) is 77.7 Å². The lowest BCUT2D eigenvalue weighted by molar-refractivity contribution is -0.136. The molecule has 1 heterocycles. The van der Waals surface area contributed by atoms with Crippen LogP contribution in [0, 0.1) is 0 Å². The molecule has 0 atom stereocenters. The highest BCUT2D eigenvalue weighted by Gasteiger charge is 2.33. The van der Waals surface area contributed by atoms with Crippen LogP contribution in [0.5, 0.6) is 5.75 Å². The van der Waals surface area contributed by atoms with Gasteiger partial charge in [0.25, 0.3) is 5.91 Å². The number of nitrogens with zero attached hydrogens (tertiary/aromatic N) is 1. The molecular weight excluding hydrogens is 418 g/mol. The van der Waals surface area contributed by atoms with Crippen LogP contribution in [0.1, 0.15) is 41.6 Å². The minimum atomic E-state index is -0.814. The van der Waals surface area contributed by atoms with Crippen LogP contribution in [0.2, 0.25) is 0 Å². The highest BCUT2D eigenvalue weighted by atomic mass is 16.5. The van der Waals surface area contributed by atoms with Crippen LogP contribution in [-0.2, 0) is 11.3 Å². The molecule has 0 unspecified atom stereocenters. The lowest BCUT2D eigenvalue weighted by atomic mass is 10.1. The molecular formula is C27H27NO5. The molecule has 1 N–H and O–H groups in total. The number of carboxylic acids is 1. The van der Waals surface area contributed by atoms with Crippen LogP contribution in [0.25, 0.3) is 11.3 Å². The van der Waals surface area contributed by atoms with E-state index in [1.165, 1.54) is 0 Å². The number of benzene rings is 2. The van der Waals surface area contributed by atoms with E-state index in [4.69, 9.17) is 14.3 Å². The quantitative estimate of drug-likeness (QED) is 0.391. The van der Waals surface area contributed by atoms with Crippen LogP contribution in [-0.4, -0.2) is 34.5 Å². The van der Waals surface area contributed by atoms with Crippen LogP contribution in [0.15, 0.2) is 83.5 Å². The van der Waals surface area contributed by atoms with Crippen molar-refractivity contribution >= 4 is 11.9 Å². The van der Waals surface area contributed by atoms with Crippen molar-refractivity contribution in [3.63, 3.8) is 0 Å². The summed E-state index contributed by atoms with van der Waals surface area (Å²) in [5.74, 6) is 0.696. The fourth-order valence-electron chi connectivity index (χ4n) is 3.63. The Balaban J connectivity index is 1.42. The second-order valence-corrected chi connectivity index (χ2v) is 8.04. The maximum absolute atomic E-state index is 13.3. The van der Waals surface area contributed by atoms with Crippen LogP contribution in [0.4, 0.5) is 0 Å². The summed E-state index contributed by atoms with van der Waals surface area (Å²) in [6.07, 6.45) is 7.86. The Bertz CT molecular complexity index is 1100. The number of carbonyl (C=O) groups is 2. The Hall–Kier alpha value is -3.80. The lowest BCUT2D eigenvalue weighted by Crippen LogP contribution is -2.32.